The fourth-order valence-electron chi connectivity index (χ4n) is 3.97. The van der Waals surface area contributed by atoms with Crippen LogP contribution in [-0.2, 0) is 4.79 Å². The van der Waals surface area contributed by atoms with Crippen LogP contribution in [0.15, 0.2) is 77.4 Å². The van der Waals surface area contributed by atoms with Crippen LogP contribution in [0, 0.1) is 5.82 Å². The van der Waals surface area contributed by atoms with E-state index >= 15 is 0 Å². The number of rotatable bonds is 8. The number of carbonyl (C=O) groups is 2. The predicted octanol–water partition coefficient (Wildman–Crippen LogP) is 3.15. The van der Waals surface area contributed by atoms with Gasteiger partial charge in [-0.3, -0.25) is 19.4 Å². The summed E-state index contributed by atoms with van der Waals surface area (Å²) >= 11 is 0. The Bertz CT molecular complexity index is 1030. The maximum Gasteiger partial charge on any atom is 0.287 e. The van der Waals surface area contributed by atoms with Gasteiger partial charge in [0.25, 0.3) is 5.91 Å². The molecule has 7 nitrogen and oxygen atoms in total. The second-order valence-corrected chi connectivity index (χ2v) is 7.92. The molecule has 2 heterocycles. The molecule has 1 aliphatic heterocycles. The van der Waals surface area contributed by atoms with Crippen molar-refractivity contribution in [3.63, 3.8) is 0 Å². The van der Waals surface area contributed by atoms with Gasteiger partial charge >= 0.3 is 0 Å². The molecule has 1 saturated heterocycles. The average Bonchev–Trinajstić information content (AvgIpc) is 3.38. The van der Waals surface area contributed by atoms with Crippen LogP contribution >= 0.6 is 0 Å². The lowest BCUT2D eigenvalue weighted by atomic mass is 10.0. The predicted molar refractivity (Wildman–Crippen MR) is 123 cm³/mol. The third kappa shape index (κ3) is 6.06. The van der Waals surface area contributed by atoms with Gasteiger partial charge in [-0.1, -0.05) is 30.3 Å². The average molecular weight is 451 g/mol. The number of nitrogens with zero attached hydrogens (tertiary/aromatic N) is 2. The van der Waals surface area contributed by atoms with Gasteiger partial charge in [-0.2, -0.15) is 0 Å². The van der Waals surface area contributed by atoms with Crippen LogP contribution in [0.5, 0.6) is 0 Å². The summed E-state index contributed by atoms with van der Waals surface area (Å²) < 4.78 is 18.3. The van der Waals surface area contributed by atoms with Crippen LogP contribution in [-0.4, -0.2) is 60.9 Å². The topological polar surface area (TPSA) is 77.8 Å². The van der Waals surface area contributed by atoms with E-state index < -0.39 is 6.04 Å². The Labute approximate surface area is 192 Å². The van der Waals surface area contributed by atoms with E-state index in [2.05, 4.69) is 20.4 Å². The van der Waals surface area contributed by atoms with Gasteiger partial charge in [0.2, 0.25) is 5.91 Å². The van der Waals surface area contributed by atoms with E-state index in [4.69, 9.17) is 4.42 Å². The Morgan fingerprint density at radius 1 is 0.939 bits per heavy atom. The number of anilines is 1. The molecule has 0 saturated carbocycles. The largest absolute Gasteiger partial charge is 0.459 e. The number of amides is 2. The smallest absolute Gasteiger partial charge is 0.287 e. The molecule has 0 spiro atoms. The molecule has 3 aromatic rings. The van der Waals surface area contributed by atoms with Crippen molar-refractivity contribution in [1.82, 2.24) is 15.1 Å². The zero-order valence-electron chi connectivity index (χ0n) is 18.2. The van der Waals surface area contributed by atoms with Crippen LogP contribution in [0.2, 0.25) is 0 Å². The second-order valence-electron chi connectivity index (χ2n) is 7.92. The lowest BCUT2D eigenvalue weighted by Crippen LogP contribution is -2.51. The van der Waals surface area contributed by atoms with E-state index in [1.54, 1.807) is 24.3 Å². The highest BCUT2D eigenvalue weighted by molar-refractivity contribution is 5.95. The molecule has 0 aliphatic carbocycles. The summed E-state index contributed by atoms with van der Waals surface area (Å²) in [6, 6.07) is 18.3. The van der Waals surface area contributed by atoms with Gasteiger partial charge in [-0.25, -0.2) is 4.39 Å². The number of piperazine rings is 1. The number of nitrogens with one attached hydrogen (secondary N) is 2. The number of halogens is 1. The second kappa shape index (κ2) is 10.9. The Balaban J connectivity index is 1.34. The van der Waals surface area contributed by atoms with Gasteiger partial charge in [-0.15, -0.1) is 0 Å². The first-order valence-corrected chi connectivity index (χ1v) is 11.0. The SMILES string of the molecule is O=C(NCCN1CCN(C(C(=O)Nc2ccc(F)cc2)c2ccccc2)CC1)c1ccco1. The fraction of sp³-hybridized carbons (Fsp3) is 0.280. The molecule has 1 atom stereocenters. The van der Waals surface area contributed by atoms with Gasteiger partial charge in [0.1, 0.15) is 11.9 Å². The summed E-state index contributed by atoms with van der Waals surface area (Å²) in [6.07, 6.45) is 1.48. The summed E-state index contributed by atoms with van der Waals surface area (Å²) in [4.78, 5) is 29.6. The summed E-state index contributed by atoms with van der Waals surface area (Å²) in [7, 11) is 0. The molecule has 1 fully saturated rings. The van der Waals surface area contributed by atoms with Gasteiger partial charge in [0.15, 0.2) is 5.76 Å². The Kier molecular flexibility index (Phi) is 7.49. The highest BCUT2D eigenvalue weighted by Crippen LogP contribution is 2.24. The van der Waals surface area contributed by atoms with Crippen molar-refractivity contribution in [2.24, 2.45) is 0 Å². The molecule has 2 amide bonds. The quantitative estimate of drug-likeness (QED) is 0.551. The van der Waals surface area contributed by atoms with Crippen molar-refractivity contribution in [1.29, 1.82) is 0 Å². The monoisotopic (exact) mass is 450 g/mol. The molecule has 4 rings (SSSR count). The van der Waals surface area contributed by atoms with Gasteiger partial charge < -0.3 is 15.1 Å². The number of furan rings is 1. The Morgan fingerprint density at radius 2 is 1.67 bits per heavy atom. The molecule has 1 unspecified atom stereocenters. The minimum absolute atomic E-state index is 0.146. The first kappa shape index (κ1) is 22.7. The van der Waals surface area contributed by atoms with Gasteiger partial charge in [-0.05, 0) is 42.0 Å². The van der Waals surface area contributed by atoms with E-state index in [-0.39, 0.29) is 17.6 Å². The van der Waals surface area contributed by atoms with Gasteiger partial charge in [0.05, 0.1) is 6.26 Å². The Hall–Kier alpha value is -3.49. The van der Waals surface area contributed by atoms with Crippen molar-refractivity contribution in [2.75, 3.05) is 44.6 Å². The van der Waals surface area contributed by atoms with Crippen LogP contribution in [0.3, 0.4) is 0 Å². The molecule has 0 bridgehead atoms. The molecule has 1 aliphatic rings. The van der Waals surface area contributed by atoms with E-state index in [9.17, 15) is 14.0 Å². The molecular formula is C25H27FN4O3. The first-order valence-electron chi connectivity index (χ1n) is 11.0. The van der Waals surface area contributed by atoms with E-state index in [1.807, 2.05) is 30.3 Å². The molecule has 33 heavy (non-hydrogen) atoms. The maximum absolute atomic E-state index is 13.2. The molecule has 0 radical (unpaired) electrons. The fourth-order valence-corrected chi connectivity index (χ4v) is 3.97. The molecule has 2 N–H and O–H groups in total. The summed E-state index contributed by atoms with van der Waals surface area (Å²) in [6.45, 7) is 4.23. The van der Waals surface area contributed by atoms with E-state index in [1.165, 1.54) is 18.4 Å². The molecular weight excluding hydrogens is 423 g/mol. The number of hydrogen-bond acceptors (Lipinski definition) is 5. The van der Waals surface area contributed by atoms with Crippen LogP contribution in [0.25, 0.3) is 0 Å². The first-order chi connectivity index (χ1) is 16.1. The normalized spacial score (nSPS) is 15.7. The van der Waals surface area contributed by atoms with Crippen molar-refractivity contribution < 1.29 is 18.4 Å². The van der Waals surface area contributed by atoms with Crippen LogP contribution in [0.4, 0.5) is 10.1 Å². The summed E-state index contributed by atoms with van der Waals surface area (Å²) in [5.41, 5.74) is 1.48. The Morgan fingerprint density at radius 3 is 2.33 bits per heavy atom. The van der Waals surface area contributed by atoms with Gasteiger partial charge in [0, 0.05) is 45.0 Å². The van der Waals surface area contributed by atoms with Crippen LogP contribution < -0.4 is 10.6 Å². The lowest BCUT2D eigenvalue weighted by molar-refractivity contribution is -0.122. The number of benzene rings is 2. The zero-order valence-corrected chi connectivity index (χ0v) is 18.2. The number of carbonyl (C=O) groups excluding carboxylic acids is 2. The standard InChI is InChI=1S/C25H27FN4O3/c26-20-8-10-21(11-9-20)28-25(32)23(19-5-2-1-3-6-19)30-16-14-29(15-17-30)13-12-27-24(31)22-7-4-18-33-22/h1-11,18,23H,12-17H2,(H,27,31)(H,28,32). The summed E-state index contributed by atoms with van der Waals surface area (Å²) in [5.74, 6) is -0.408. The minimum Gasteiger partial charge on any atom is -0.459 e. The maximum atomic E-state index is 13.2. The minimum atomic E-state index is -0.447. The van der Waals surface area contributed by atoms with Crippen molar-refractivity contribution in [2.45, 2.75) is 6.04 Å². The van der Waals surface area contributed by atoms with Crippen LogP contribution in [0.1, 0.15) is 22.2 Å². The van der Waals surface area contributed by atoms with Crippen molar-refractivity contribution in [3.05, 3.63) is 90.1 Å². The number of hydrogen-bond donors (Lipinski definition) is 2. The molecule has 1 aromatic heterocycles. The van der Waals surface area contributed by atoms with Crippen molar-refractivity contribution in [3.8, 4) is 0 Å². The van der Waals surface area contributed by atoms with Crippen molar-refractivity contribution >= 4 is 17.5 Å². The highest BCUT2D eigenvalue weighted by atomic mass is 19.1. The zero-order chi connectivity index (χ0) is 23.0. The van der Waals surface area contributed by atoms with E-state index in [0.29, 0.717) is 31.1 Å². The highest BCUT2D eigenvalue weighted by Gasteiger charge is 2.30. The van der Waals surface area contributed by atoms with E-state index in [0.717, 1.165) is 25.2 Å². The third-order valence-corrected chi connectivity index (χ3v) is 5.71. The molecule has 172 valence electrons. The summed E-state index contributed by atoms with van der Waals surface area (Å²) in [5, 5.41) is 5.78. The molecule has 8 heteroatoms. The molecule has 2 aromatic carbocycles. The lowest BCUT2D eigenvalue weighted by Gasteiger charge is -2.38. The third-order valence-electron chi connectivity index (χ3n) is 5.71.